The summed E-state index contributed by atoms with van der Waals surface area (Å²) in [4.78, 5) is 11.7. The molecule has 2 aromatic rings. The van der Waals surface area contributed by atoms with Crippen LogP contribution in [0.4, 0.5) is 0 Å². The lowest BCUT2D eigenvalue weighted by molar-refractivity contribution is -0.115. The molecule has 7 heteroatoms. The van der Waals surface area contributed by atoms with E-state index in [-0.39, 0.29) is 11.0 Å². The van der Waals surface area contributed by atoms with Gasteiger partial charge in [0.1, 0.15) is 10.9 Å². The molecular weight excluding hydrogens is 308 g/mol. The minimum Gasteiger partial charge on any atom is -0.328 e. The van der Waals surface area contributed by atoms with Crippen molar-refractivity contribution in [3.8, 4) is 5.69 Å². The number of halogens is 1. The van der Waals surface area contributed by atoms with Crippen LogP contribution in [0, 0.1) is 6.92 Å². The molecule has 1 aromatic carbocycles. The zero-order valence-corrected chi connectivity index (χ0v) is 12.6. The first-order valence-electron chi connectivity index (χ1n) is 6.21. The number of amides is 1. The second kappa shape index (κ2) is 5.31. The lowest BCUT2D eigenvalue weighted by Crippen LogP contribution is -2.21. The lowest BCUT2D eigenvalue weighted by atomic mass is 10.2. The van der Waals surface area contributed by atoms with Gasteiger partial charge in [-0.15, -0.1) is 0 Å². The summed E-state index contributed by atoms with van der Waals surface area (Å²) < 4.78 is 1.63. The fraction of sp³-hybridized carbons (Fsp3) is 0.0714. The Morgan fingerprint density at radius 2 is 2.00 bits per heavy atom. The van der Waals surface area contributed by atoms with Gasteiger partial charge in [0.2, 0.25) is 0 Å². The summed E-state index contributed by atoms with van der Waals surface area (Å²) in [6.45, 7) is 1.84. The predicted molar refractivity (Wildman–Crippen MR) is 85.2 cm³/mol. The highest BCUT2D eigenvalue weighted by atomic mass is 35.5. The maximum atomic E-state index is 11.7. The van der Waals surface area contributed by atoms with Gasteiger partial charge in [-0.05, 0) is 37.4 Å². The molecule has 0 spiro atoms. The van der Waals surface area contributed by atoms with Crippen LogP contribution in [0.3, 0.4) is 0 Å². The highest BCUT2D eigenvalue weighted by Gasteiger charge is 2.22. The van der Waals surface area contributed by atoms with Crippen LogP contribution in [0.25, 0.3) is 11.8 Å². The highest BCUT2D eigenvalue weighted by Crippen LogP contribution is 2.25. The molecule has 0 radical (unpaired) electrons. The molecule has 2 heterocycles. The molecule has 0 aliphatic carbocycles. The van der Waals surface area contributed by atoms with Crippen molar-refractivity contribution in [1.82, 2.24) is 20.4 Å². The fourth-order valence-electron chi connectivity index (χ4n) is 2.04. The largest absolute Gasteiger partial charge is 0.328 e. The van der Waals surface area contributed by atoms with Crippen LogP contribution in [0.15, 0.2) is 36.0 Å². The molecule has 2 N–H and O–H groups in total. The fourth-order valence-corrected chi connectivity index (χ4v) is 2.57. The number of thiocarbonyl (C=S) groups is 1. The van der Waals surface area contributed by atoms with Crippen LogP contribution in [0.2, 0.25) is 5.15 Å². The number of carbonyl (C=O) groups is 1. The van der Waals surface area contributed by atoms with Gasteiger partial charge in [0.15, 0.2) is 5.11 Å². The summed E-state index contributed by atoms with van der Waals surface area (Å²) in [6.07, 6.45) is 1.65. The van der Waals surface area contributed by atoms with Crippen LogP contribution in [-0.4, -0.2) is 20.8 Å². The van der Waals surface area contributed by atoms with Crippen molar-refractivity contribution in [3.05, 3.63) is 52.4 Å². The number of carbonyl (C=O) groups excluding carboxylic acids is 1. The number of nitrogens with one attached hydrogen (secondary N) is 2. The van der Waals surface area contributed by atoms with E-state index in [1.54, 1.807) is 10.8 Å². The summed E-state index contributed by atoms with van der Waals surface area (Å²) in [5.41, 5.74) is 2.62. The number of hydrogen-bond acceptors (Lipinski definition) is 3. The Hall–Kier alpha value is -2.18. The molecule has 21 heavy (non-hydrogen) atoms. The summed E-state index contributed by atoms with van der Waals surface area (Å²) in [6, 6.07) is 9.55. The van der Waals surface area contributed by atoms with Crippen LogP contribution in [-0.2, 0) is 4.79 Å². The average Bonchev–Trinajstić information content (AvgIpc) is 2.93. The molecule has 5 nitrogen and oxygen atoms in total. The lowest BCUT2D eigenvalue weighted by Gasteiger charge is -2.02. The predicted octanol–water partition coefficient (Wildman–Crippen LogP) is 2.18. The highest BCUT2D eigenvalue weighted by molar-refractivity contribution is 7.80. The zero-order chi connectivity index (χ0) is 15.0. The monoisotopic (exact) mass is 318 g/mol. The SMILES string of the molecule is Cc1nn(-c2ccccc2)c(Cl)c1C=C1NC(=S)NC1=O. The van der Waals surface area contributed by atoms with Gasteiger partial charge in [0.25, 0.3) is 5.91 Å². The number of rotatable bonds is 2. The summed E-state index contributed by atoms with van der Waals surface area (Å²) in [5.74, 6) is -0.275. The van der Waals surface area contributed by atoms with Crippen molar-refractivity contribution < 1.29 is 4.79 Å². The minimum absolute atomic E-state index is 0.275. The van der Waals surface area contributed by atoms with Gasteiger partial charge < -0.3 is 5.32 Å². The summed E-state index contributed by atoms with van der Waals surface area (Å²) >= 11 is 11.3. The number of hydrogen-bond donors (Lipinski definition) is 2. The van der Waals surface area contributed by atoms with E-state index in [1.165, 1.54) is 0 Å². The van der Waals surface area contributed by atoms with Crippen LogP contribution < -0.4 is 10.6 Å². The van der Waals surface area contributed by atoms with Crippen molar-refractivity contribution in [2.45, 2.75) is 6.92 Å². The first kappa shape index (κ1) is 13.8. The van der Waals surface area contributed by atoms with Gasteiger partial charge in [-0.2, -0.15) is 5.10 Å². The summed E-state index contributed by atoms with van der Waals surface area (Å²) in [5, 5.41) is 10.4. The normalized spacial score (nSPS) is 16.2. The van der Waals surface area contributed by atoms with E-state index in [0.717, 1.165) is 11.4 Å². The Bertz CT molecular complexity index is 767. The van der Waals surface area contributed by atoms with Crippen molar-refractivity contribution in [1.29, 1.82) is 0 Å². The number of nitrogens with zero attached hydrogens (tertiary/aromatic N) is 2. The van der Waals surface area contributed by atoms with Gasteiger partial charge in [-0.1, -0.05) is 29.8 Å². The van der Waals surface area contributed by atoms with Gasteiger partial charge in [-0.3, -0.25) is 10.1 Å². The smallest absolute Gasteiger partial charge is 0.273 e. The first-order chi connectivity index (χ1) is 10.1. The Kier molecular flexibility index (Phi) is 3.48. The van der Waals surface area contributed by atoms with Gasteiger partial charge in [0, 0.05) is 5.56 Å². The van der Waals surface area contributed by atoms with Crippen molar-refractivity contribution >= 4 is 40.9 Å². The quantitative estimate of drug-likeness (QED) is 0.658. The second-order valence-corrected chi connectivity index (χ2v) is 5.27. The Morgan fingerprint density at radius 3 is 2.62 bits per heavy atom. The van der Waals surface area contributed by atoms with E-state index in [9.17, 15) is 4.79 Å². The number of aryl methyl sites for hydroxylation is 1. The molecule has 1 fully saturated rings. The third kappa shape index (κ3) is 2.55. The third-order valence-corrected chi connectivity index (χ3v) is 3.63. The summed E-state index contributed by atoms with van der Waals surface area (Å²) in [7, 11) is 0. The van der Waals surface area contributed by atoms with Crippen molar-refractivity contribution in [2.75, 3.05) is 0 Å². The van der Waals surface area contributed by atoms with Gasteiger partial charge in [-0.25, -0.2) is 4.68 Å². The molecule has 1 aliphatic heterocycles. The molecular formula is C14H11ClN4OS. The van der Waals surface area contributed by atoms with E-state index in [1.807, 2.05) is 37.3 Å². The minimum atomic E-state index is -0.275. The Labute approximate surface area is 131 Å². The molecule has 1 saturated heterocycles. The molecule has 3 rings (SSSR count). The van der Waals surface area contributed by atoms with Crippen molar-refractivity contribution in [3.63, 3.8) is 0 Å². The maximum Gasteiger partial charge on any atom is 0.273 e. The third-order valence-electron chi connectivity index (χ3n) is 3.06. The molecule has 0 atom stereocenters. The number of aromatic nitrogens is 2. The molecule has 1 amide bonds. The van der Waals surface area contributed by atoms with Gasteiger partial charge >= 0.3 is 0 Å². The Balaban J connectivity index is 2.06. The molecule has 0 bridgehead atoms. The number of benzene rings is 1. The zero-order valence-electron chi connectivity index (χ0n) is 11.1. The van der Waals surface area contributed by atoms with Crippen molar-refractivity contribution in [2.24, 2.45) is 0 Å². The molecule has 0 saturated carbocycles. The van der Waals surface area contributed by atoms with E-state index in [4.69, 9.17) is 23.8 Å². The van der Waals surface area contributed by atoms with Crippen LogP contribution in [0.5, 0.6) is 0 Å². The molecule has 1 aliphatic rings. The van der Waals surface area contributed by atoms with E-state index >= 15 is 0 Å². The molecule has 0 unspecified atom stereocenters. The molecule has 1 aromatic heterocycles. The topological polar surface area (TPSA) is 59.0 Å². The van der Waals surface area contributed by atoms with E-state index in [0.29, 0.717) is 16.4 Å². The maximum absolute atomic E-state index is 11.7. The molecule has 106 valence electrons. The standard InChI is InChI=1S/C14H11ClN4OS/c1-8-10(7-11-13(20)17-14(21)16-11)12(15)19(18-8)9-5-3-2-4-6-9/h2-7H,1H3,(H2,16,17,20,21). The van der Waals surface area contributed by atoms with Crippen LogP contribution >= 0.6 is 23.8 Å². The van der Waals surface area contributed by atoms with E-state index < -0.39 is 0 Å². The first-order valence-corrected chi connectivity index (χ1v) is 6.99. The second-order valence-electron chi connectivity index (χ2n) is 4.50. The Morgan fingerprint density at radius 1 is 1.29 bits per heavy atom. The van der Waals surface area contributed by atoms with E-state index in [2.05, 4.69) is 15.7 Å². The van der Waals surface area contributed by atoms with Crippen LogP contribution in [0.1, 0.15) is 11.3 Å². The van der Waals surface area contributed by atoms with Gasteiger partial charge in [0.05, 0.1) is 11.4 Å². The number of para-hydroxylation sites is 1. The average molecular weight is 319 g/mol.